The highest BCUT2D eigenvalue weighted by atomic mass is 19.1. The fraction of sp³-hybridized carbons (Fsp3) is 0.636. The fourth-order valence-electron chi connectivity index (χ4n) is 6.83. The molecule has 0 bridgehead atoms. The van der Waals surface area contributed by atoms with Crippen molar-refractivity contribution in [2.45, 2.75) is 51.0 Å². The van der Waals surface area contributed by atoms with Crippen molar-refractivity contribution in [3.8, 4) is 0 Å². The van der Waals surface area contributed by atoms with Gasteiger partial charge < -0.3 is 20.4 Å². The van der Waals surface area contributed by atoms with Crippen LogP contribution in [0.15, 0.2) is 35.6 Å². The molecule has 158 valence electrons. The van der Waals surface area contributed by atoms with Crippen molar-refractivity contribution in [1.82, 2.24) is 0 Å². The third kappa shape index (κ3) is 2.11. The summed E-state index contributed by atoms with van der Waals surface area (Å²) in [5.41, 5.74) is -6.64. The van der Waals surface area contributed by atoms with Gasteiger partial charge in [0, 0.05) is 16.9 Å². The molecule has 0 aliphatic heterocycles. The highest BCUT2D eigenvalue weighted by molar-refractivity contribution is 6.02. The van der Waals surface area contributed by atoms with Crippen LogP contribution >= 0.6 is 0 Å². The van der Waals surface area contributed by atoms with Gasteiger partial charge in [-0.25, -0.2) is 4.39 Å². The lowest BCUT2D eigenvalue weighted by molar-refractivity contribution is -0.206. The molecule has 0 aromatic rings. The van der Waals surface area contributed by atoms with Crippen molar-refractivity contribution in [2.24, 2.45) is 28.6 Å². The monoisotopic (exact) mass is 406 g/mol. The number of aliphatic hydroxyl groups excluding tert-OH is 3. The molecule has 2 saturated carbocycles. The van der Waals surface area contributed by atoms with E-state index < -0.39 is 58.3 Å². The Hall–Kier alpha value is -1.83. The van der Waals surface area contributed by atoms with Crippen LogP contribution in [0.3, 0.4) is 0 Å². The highest BCUT2D eigenvalue weighted by Gasteiger charge is 2.75. The summed E-state index contributed by atoms with van der Waals surface area (Å²) in [5.74, 6) is -3.44. The molecular formula is C22H27FO6. The molecule has 0 aromatic heterocycles. The summed E-state index contributed by atoms with van der Waals surface area (Å²) in [5, 5.41) is 42.6. The molecular weight excluding hydrogens is 379 g/mol. The molecule has 4 rings (SSSR count). The van der Waals surface area contributed by atoms with Crippen molar-refractivity contribution in [1.29, 1.82) is 0 Å². The lowest BCUT2D eigenvalue weighted by Gasteiger charge is -2.61. The minimum Gasteiger partial charge on any atom is -0.508 e. The molecule has 0 spiro atoms. The van der Waals surface area contributed by atoms with Gasteiger partial charge in [0.25, 0.3) is 0 Å². The molecule has 0 aromatic carbocycles. The van der Waals surface area contributed by atoms with Crippen molar-refractivity contribution in [3.63, 3.8) is 0 Å². The number of Topliss-reactive ketones (excluding diaryl/α,β-unsaturated/α-hetero) is 1. The van der Waals surface area contributed by atoms with E-state index in [0.29, 0.717) is 6.42 Å². The maximum atomic E-state index is 16.9. The lowest BCUT2D eigenvalue weighted by atomic mass is 9.46. The summed E-state index contributed by atoms with van der Waals surface area (Å²) in [6.45, 7) is 4.03. The van der Waals surface area contributed by atoms with E-state index in [1.165, 1.54) is 24.3 Å². The van der Waals surface area contributed by atoms with Crippen LogP contribution in [0.25, 0.3) is 0 Å². The van der Waals surface area contributed by atoms with E-state index in [1.807, 2.05) is 0 Å². The van der Waals surface area contributed by atoms with Gasteiger partial charge in [0.15, 0.2) is 17.2 Å². The Bertz CT molecular complexity index is 892. The number of halogens is 1. The largest absolute Gasteiger partial charge is 0.508 e. The molecule has 4 aliphatic rings. The number of carbonyl (C=O) groups excluding carboxylic acids is 2. The summed E-state index contributed by atoms with van der Waals surface area (Å²) in [6.07, 6.45) is 3.70. The third-order valence-corrected chi connectivity index (χ3v) is 8.44. The predicted octanol–water partition coefficient (Wildman–Crippen LogP) is 1.56. The molecule has 0 unspecified atom stereocenters. The summed E-state index contributed by atoms with van der Waals surface area (Å²) in [6, 6.07) is 0. The smallest absolute Gasteiger partial charge is 0.190 e. The molecule has 0 radical (unpaired) electrons. The Morgan fingerprint density at radius 3 is 2.62 bits per heavy atom. The van der Waals surface area contributed by atoms with E-state index in [2.05, 4.69) is 0 Å². The van der Waals surface area contributed by atoms with Crippen LogP contribution < -0.4 is 0 Å². The average molecular weight is 406 g/mol. The molecule has 0 saturated heterocycles. The molecule has 2 fully saturated rings. The van der Waals surface area contributed by atoms with Crippen LogP contribution in [-0.4, -0.2) is 56.0 Å². The number of fused-ring (bicyclic) bond motifs is 5. The van der Waals surface area contributed by atoms with E-state index in [-0.39, 0.29) is 23.5 Å². The zero-order chi connectivity index (χ0) is 21.6. The van der Waals surface area contributed by atoms with Crippen molar-refractivity contribution in [2.75, 3.05) is 6.61 Å². The Morgan fingerprint density at radius 1 is 1.34 bits per heavy atom. The number of hydrogen-bond donors (Lipinski definition) is 4. The molecule has 4 N–H and O–H groups in total. The average Bonchev–Trinajstić information content (AvgIpc) is 2.86. The molecule has 29 heavy (non-hydrogen) atoms. The molecule has 7 heteroatoms. The highest BCUT2D eigenvalue weighted by Crippen LogP contribution is 2.70. The van der Waals surface area contributed by atoms with E-state index in [1.54, 1.807) is 20.8 Å². The number of rotatable bonds is 2. The second-order valence-corrected chi connectivity index (χ2v) is 9.57. The Kier molecular flexibility index (Phi) is 4.13. The van der Waals surface area contributed by atoms with E-state index in [9.17, 15) is 30.0 Å². The summed E-state index contributed by atoms with van der Waals surface area (Å²) in [7, 11) is 0. The third-order valence-electron chi connectivity index (χ3n) is 8.44. The number of alkyl halides is 1. The number of hydrogen-bond acceptors (Lipinski definition) is 6. The summed E-state index contributed by atoms with van der Waals surface area (Å²) >= 11 is 0. The quantitative estimate of drug-likeness (QED) is 0.553. The molecule has 6 nitrogen and oxygen atoms in total. The van der Waals surface area contributed by atoms with Crippen LogP contribution in [-0.2, 0) is 9.59 Å². The van der Waals surface area contributed by atoms with Gasteiger partial charge in [-0.2, -0.15) is 0 Å². The molecule has 0 heterocycles. The maximum absolute atomic E-state index is 16.9. The maximum Gasteiger partial charge on any atom is 0.190 e. The zero-order valence-corrected chi connectivity index (χ0v) is 16.7. The Morgan fingerprint density at radius 2 is 2.00 bits per heavy atom. The number of ketones is 2. The number of aliphatic hydroxyl groups is 4. The lowest BCUT2D eigenvalue weighted by Crippen LogP contribution is -2.69. The standard InChI is InChI=1S/C22H27FO6/c1-11-6-13-14-8-16(26)15-7-12(25)4-5-19(15,2)21(14,23)17(27)9-20(13,3)22(11,29)18(28)10-24/h4-5,7-8,11,13-14,17,24,26-27,29H,6,9-10H2,1-3H3/t11-,13-,14-,17+,19-,20-,21-,22-/m0/s1. The Balaban J connectivity index is 1.93. The molecule has 0 amide bonds. The minimum absolute atomic E-state index is 0.124. The van der Waals surface area contributed by atoms with Crippen LogP contribution in [0.4, 0.5) is 4.39 Å². The van der Waals surface area contributed by atoms with E-state index >= 15 is 4.39 Å². The first-order chi connectivity index (χ1) is 13.4. The van der Waals surface area contributed by atoms with Gasteiger partial charge in [-0.1, -0.05) is 19.9 Å². The van der Waals surface area contributed by atoms with Gasteiger partial charge in [-0.3, -0.25) is 9.59 Å². The SMILES string of the molecule is C[C@H]1C[C@H]2[C@@H]3C=C(O)C4=CC(=O)C=C[C@]4(C)[C@@]3(F)[C@H](O)C[C@]2(C)[C@@]1(O)C(=O)CO. The van der Waals surface area contributed by atoms with Gasteiger partial charge in [0.05, 0.1) is 11.5 Å². The van der Waals surface area contributed by atoms with Gasteiger partial charge in [-0.05, 0) is 49.8 Å². The van der Waals surface area contributed by atoms with Crippen molar-refractivity contribution >= 4 is 11.6 Å². The first-order valence-electron chi connectivity index (χ1n) is 9.98. The second kappa shape index (κ2) is 5.86. The fourth-order valence-corrected chi connectivity index (χ4v) is 6.83. The van der Waals surface area contributed by atoms with Crippen LogP contribution in [0, 0.1) is 28.6 Å². The van der Waals surface area contributed by atoms with Crippen molar-refractivity contribution < 1.29 is 34.4 Å². The second-order valence-electron chi connectivity index (χ2n) is 9.57. The first-order valence-corrected chi connectivity index (χ1v) is 9.98. The topological polar surface area (TPSA) is 115 Å². The zero-order valence-electron chi connectivity index (χ0n) is 16.7. The van der Waals surface area contributed by atoms with Crippen LogP contribution in [0.1, 0.15) is 33.6 Å². The van der Waals surface area contributed by atoms with E-state index in [0.717, 1.165) is 0 Å². The van der Waals surface area contributed by atoms with Gasteiger partial charge in [0.1, 0.15) is 18.0 Å². The Labute approximate surface area is 168 Å². The first kappa shape index (κ1) is 20.4. The minimum atomic E-state index is -2.24. The number of allylic oxidation sites excluding steroid dienone is 5. The summed E-state index contributed by atoms with van der Waals surface area (Å²) < 4.78 is 16.9. The predicted molar refractivity (Wildman–Crippen MR) is 101 cm³/mol. The van der Waals surface area contributed by atoms with Crippen LogP contribution in [0.2, 0.25) is 0 Å². The van der Waals surface area contributed by atoms with Gasteiger partial charge >= 0.3 is 0 Å². The molecule has 4 aliphatic carbocycles. The normalized spacial score (nSPS) is 50.9. The molecule has 8 atom stereocenters. The van der Waals surface area contributed by atoms with Gasteiger partial charge in [-0.15, -0.1) is 0 Å². The number of carbonyl (C=O) groups is 2. The van der Waals surface area contributed by atoms with Crippen molar-refractivity contribution in [3.05, 3.63) is 35.6 Å². The van der Waals surface area contributed by atoms with Crippen LogP contribution in [0.5, 0.6) is 0 Å². The summed E-state index contributed by atoms with van der Waals surface area (Å²) in [4.78, 5) is 24.4. The van der Waals surface area contributed by atoms with E-state index in [4.69, 9.17) is 0 Å². The van der Waals surface area contributed by atoms with Gasteiger partial charge in [0.2, 0.25) is 0 Å².